The van der Waals surface area contributed by atoms with Gasteiger partial charge in [-0.1, -0.05) is 84.9 Å². The lowest BCUT2D eigenvalue weighted by molar-refractivity contribution is 1.19. The van der Waals surface area contributed by atoms with Crippen LogP contribution in [-0.4, -0.2) is 7.05 Å². The Morgan fingerprint density at radius 2 is 0.903 bits per heavy atom. The molecule has 5 aromatic rings. The first-order chi connectivity index (χ1) is 15.3. The maximum absolute atomic E-state index is 2.32. The van der Waals surface area contributed by atoms with E-state index in [-0.39, 0.29) is 0 Å². The molecule has 0 aromatic heterocycles. The van der Waals surface area contributed by atoms with E-state index >= 15 is 0 Å². The highest BCUT2D eigenvalue weighted by atomic mass is 15.2. The fourth-order valence-corrected chi connectivity index (χ4v) is 4.15. The van der Waals surface area contributed by atoms with Gasteiger partial charge in [0.15, 0.2) is 0 Å². The van der Waals surface area contributed by atoms with Gasteiger partial charge in [0.05, 0.1) is 11.4 Å². The average molecular weight is 401 g/mol. The molecule has 31 heavy (non-hydrogen) atoms. The molecule has 0 spiro atoms. The van der Waals surface area contributed by atoms with Crippen molar-refractivity contribution in [3.8, 4) is 0 Å². The Balaban J connectivity index is 1.69. The van der Waals surface area contributed by atoms with E-state index in [9.17, 15) is 0 Å². The normalized spacial score (nSPS) is 10.7. The predicted octanol–water partition coefficient (Wildman–Crippen LogP) is 8.08. The quantitative estimate of drug-likeness (QED) is 0.294. The summed E-state index contributed by atoms with van der Waals surface area (Å²) in [6.45, 7) is 0. The molecular weight excluding hydrogens is 376 g/mol. The van der Waals surface area contributed by atoms with E-state index in [1.165, 1.54) is 16.5 Å². The number of hydrogen-bond donors (Lipinski definition) is 0. The summed E-state index contributed by atoms with van der Waals surface area (Å²) in [5.74, 6) is 0. The summed E-state index contributed by atoms with van der Waals surface area (Å²) in [5.41, 5.74) is 5.73. The van der Waals surface area contributed by atoms with Gasteiger partial charge in [-0.3, -0.25) is 0 Å². The minimum atomic E-state index is 1.13. The molecule has 5 aromatic carbocycles. The van der Waals surface area contributed by atoms with Crippen LogP contribution in [0, 0.1) is 0 Å². The molecule has 0 fully saturated rings. The average Bonchev–Trinajstić information content (AvgIpc) is 2.85. The minimum absolute atomic E-state index is 1.13. The fraction of sp³-hybridized carbons (Fsp3) is 0.0345. The first-order valence-electron chi connectivity index (χ1n) is 10.5. The monoisotopic (exact) mass is 400 g/mol. The van der Waals surface area contributed by atoms with Crippen molar-refractivity contribution in [2.75, 3.05) is 16.8 Å². The van der Waals surface area contributed by atoms with Gasteiger partial charge in [0.2, 0.25) is 0 Å². The van der Waals surface area contributed by atoms with Crippen LogP contribution >= 0.6 is 0 Å². The van der Waals surface area contributed by atoms with E-state index in [1.807, 2.05) is 0 Å². The Morgan fingerprint density at radius 1 is 0.419 bits per heavy atom. The third-order valence-corrected chi connectivity index (χ3v) is 5.64. The molecule has 0 saturated carbocycles. The van der Waals surface area contributed by atoms with Crippen molar-refractivity contribution in [1.82, 2.24) is 0 Å². The van der Waals surface area contributed by atoms with Crippen LogP contribution < -0.4 is 9.80 Å². The molecule has 150 valence electrons. The minimum Gasteiger partial charge on any atom is -0.342 e. The van der Waals surface area contributed by atoms with Crippen molar-refractivity contribution < 1.29 is 0 Å². The molecule has 0 bridgehead atoms. The number of rotatable bonds is 5. The summed E-state index contributed by atoms with van der Waals surface area (Å²) in [5, 5.41) is 2.49. The topological polar surface area (TPSA) is 6.48 Å². The van der Waals surface area contributed by atoms with Crippen molar-refractivity contribution in [2.24, 2.45) is 0 Å². The molecule has 0 N–H and O–H groups in total. The second-order valence-corrected chi connectivity index (χ2v) is 7.55. The molecule has 0 amide bonds. The summed E-state index contributed by atoms with van der Waals surface area (Å²) >= 11 is 0. The Hall–Kier alpha value is -4.04. The first kappa shape index (κ1) is 19.0. The van der Waals surface area contributed by atoms with Gasteiger partial charge in [-0.2, -0.15) is 0 Å². The second-order valence-electron chi connectivity index (χ2n) is 7.55. The zero-order valence-corrected chi connectivity index (χ0v) is 17.5. The zero-order chi connectivity index (χ0) is 21.0. The van der Waals surface area contributed by atoms with Gasteiger partial charge in [-0.25, -0.2) is 0 Å². The highest BCUT2D eigenvalue weighted by Crippen LogP contribution is 2.42. The van der Waals surface area contributed by atoms with E-state index in [0.29, 0.717) is 0 Å². The molecule has 0 aliphatic heterocycles. The summed E-state index contributed by atoms with van der Waals surface area (Å²) < 4.78 is 0. The summed E-state index contributed by atoms with van der Waals surface area (Å²) in [6.07, 6.45) is 0. The van der Waals surface area contributed by atoms with Crippen molar-refractivity contribution in [2.45, 2.75) is 0 Å². The zero-order valence-electron chi connectivity index (χ0n) is 17.5. The fourth-order valence-electron chi connectivity index (χ4n) is 4.15. The molecule has 0 aliphatic rings. The van der Waals surface area contributed by atoms with Crippen LogP contribution in [0.4, 0.5) is 28.4 Å². The number of benzene rings is 5. The van der Waals surface area contributed by atoms with E-state index in [0.717, 1.165) is 22.7 Å². The summed E-state index contributed by atoms with van der Waals surface area (Å²) in [7, 11) is 2.15. The van der Waals surface area contributed by atoms with Crippen LogP contribution in [0.3, 0.4) is 0 Å². The smallest absolute Gasteiger partial charge is 0.0698 e. The van der Waals surface area contributed by atoms with Crippen LogP contribution in [0.1, 0.15) is 0 Å². The van der Waals surface area contributed by atoms with E-state index in [2.05, 4.69) is 144 Å². The number of hydrogen-bond acceptors (Lipinski definition) is 2. The molecule has 5 rings (SSSR count). The Bertz CT molecular complexity index is 1250. The van der Waals surface area contributed by atoms with E-state index in [1.54, 1.807) is 0 Å². The molecule has 0 radical (unpaired) electrons. The molecule has 0 aliphatic carbocycles. The standard InChI is InChI=1S/C29H24N2/c1-30(27-22-12-14-23-13-8-9-19-26(23)27)28-20-10-11-21-29(28)31(24-15-4-2-5-16-24)25-17-6-3-7-18-25/h2-22H,1H3. The number of fused-ring (bicyclic) bond motifs is 1. The predicted molar refractivity (Wildman–Crippen MR) is 133 cm³/mol. The molecule has 0 saturated heterocycles. The molecule has 2 nitrogen and oxygen atoms in total. The van der Waals surface area contributed by atoms with Crippen LogP contribution in [0.5, 0.6) is 0 Å². The number of anilines is 5. The lowest BCUT2D eigenvalue weighted by Gasteiger charge is -2.31. The highest BCUT2D eigenvalue weighted by molar-refractivity contribution is 5.98. The van der Waals surface area contributed by atoms with Crippen LogP contribution in [-0.2, 0) is 0 Å². The van der Waals surface area contributed by atoms with Gasteiger partial charge < -0.3 is 9.80 Å². The van der Waals surface area contributed by atoms with Crippen molar-refractivity contribution in [3.63, 3.8) is 0 Å². The molecular formula is C29H24N2. The van der Waals surface area contributed by atoms with Crippen molar-refractivity contribution in [1.29, 1.82) is 0 Å². The van der Waals surface area contributed by atoms with Gasteiger partial charge in [0, 0.05) is 29.5 Å². The van der Waals surface area contributed by atoms with Crippen molar-refractivity contribution in [3.05, 3.63) is 127 Å². The lowest BCUT2D eigenvalue weighted by Crippen LogP contribution is -2.16. The summed E-state index contributed by atoms with van der Waals surface area (Å²) in [6, 6.07) is 44.7. The molecule has 0 heterocycles. The number of nitrogens with zero attached hydrogens (tertiary/aromatic N) is 2. The van der Waals surface area contributed by atoms with E-state index < -0.39 is 0 Å². The molecule has 0 atom stereocenters. The van der Waals surface area contributed by atoms with Gasteiger partial charge in [0.1, 0.15) is 0 Å². The highest BCUT2D eigenvalue weighted by Gasteiger charge is 2.19. The largest absolute Gasteiger partial charge is 0.342 e. The lowest BCUT2D eigenvalue weighted by atomic mass is 10.1. The van der Waals surface area contributed by atoms with E-state index in [4.69, 9.17) is 0 Å². The van der Waals surface area contributed by atoms with Gasteiger partial charge >= 0.3 is 0 Å². The third-order valence-electron chi connectivity index (χ3n) is 5.64. The van der Waals surface area contributed by atoms with Crippen molar-refractivity contribution >= 4 is 39.2 Å². The summed E-state index contributed by atoms with van der Waals surface area (Å²) in [4.78, 5) is 4.60. The van der Waals surface area contributed by atoms with Gasteiger partial charge in [-0.05, 0) is 47.9 Å². The third kappa shape index (κ3) is 3.64. The molecule has 2 heteroatoms. The molecule has 0 unspecified atom stereocenters. The first-order valence-corrected chi connectivity index (χ1v) is 10.5. The Kier molecular flexibility index (Phi) is 5.12. The number of para-hydroxylation sites is 4. The van der Waals surface area contributed by atoms with Crippen LogP contribution in [0.15, 0.2) is 127 Å². The maximum Gasteiger partial charge on any atom is 0.0698 e. The SMILES string of the molecule is CN(c1ccccc1N(c1ccccc1)c1ccccc1)c1cccc2ccccc12. The van der Waals surface area contributed by atoms with Gasteiger partial charge in [-0.15, -0.1) is 0 Å². The second kappa shape index (κ2) is 8.37. The maximum atomic E-state index is 2.32. The van der Waals surface area contributed by atoms with Crippen LogP contribution in [0.2, 0.25) is 0 Å². The Labute approximate surface area is 183 Å². The van der Waals surface area contributed by atoms with Crippen LogP contribution in [0.25, 0.3) is 10.8 Å². The Morgan fingerprint density at radius 3 is 1.58 bits per heavy atom. The van der Waals surface area contributed by atoms with Gasteiger partial charge in [0.25, 0.3) is 0 Å².